The molecule has 1 aliphatic rings. The largest absolute Gasteiger partial charge is 0.476 e. The zero-order valence-corrected chi connectivity index (χ0v) is 14.8. The van der Waals surface area contributed by atoms with Gasteiger partial charge in [-0.1, -0.05) is 23.7 Å². The summed E-state index contributed by atoms with van der Waals surface area (Å²) < 4.78 is 13.1. The van der Waals surface area contributed by atoms with Crippen molar-refractivity contribution in [3.63, 3.8) is 0 Å². The van der Waals surface area contributed by atoms with Gasteiger partial charge in [-0.05, 0) is 47.9 Å². The third-order valence-corrected chi connectivity index (χ3v) is 4.48. The molecule has 1 aliphatic heterocycles. The van der Waals surface area contributed by atoms with Crippen molar-refractivity contribution in [3.8, 4) is 0 Å². The molecule has 5 nitrogen and oxygen atoms in total. The summed E-state index contributed by atoms with van der Waals surface area (Å²) in [6.45, 7) is 2.77. The molecule has 2 aromatic rings. The Labute approximate surface area is 156 Å². The van der Waals surface area contributed by atoms with Gasteiger partial charge in [0.1, 0.15) is 5.82 Å². The summed E-state index contributed by atoms with van der Waals surface area (Å²) in [6.07, 6.45) is 3.40. The van der Waals surface area contributed by atoms with E-state index < -0.39 is 11.8 Å². The Morgan fingerprint density at radius 1 is 1.35 bits per heavy atom. The zero-order valence-electron chi connectivity index (χ0n) is 14.0. The Hall–Kier alpha value is -2.44. The number of aliphatic carboxylic acids is 1. The number of carbonyl (C=O) groups is 1. The average Bonchev–Trinajstić information content (AvgIpc) is 3.05. The van der Waals surface area contributed by atoms with Crippen molar-refractivity contribution in [1.82, 2.24) is 9.88 Å². The lowest BCUT2D eigenvalue weighted by Gasteiger charge is -2.17. The summed E-state index contributed by atoms with van der Waals surface area (Å²) in [6, 6.07) is 11.5. The Morgan fingerprint density at radius 3 is 2.77 bits per heavy atom. The van der Waals surface area contributed by atoms with Crippen molar-refractivity contribution in [1.29, 1.82) is 0 Å². The summed E-state index contributed by atoms with van der Waals surface area (Å²) >= 11 is 5.91. The lowest BCUT2D eigenvalue weighted by molar-refractivity contribution is -0.134. The molecule has 0 spiro atoms. The van der Waals surface area contributed by atoms with Crippen LogP contribution in [0.15, 0.2) is 48.4 Å². The molecule has 0 radical (unpaired) electrons. The average molecular weight is 376 g/mol. The molecule has 3 rings (SSSR count). The second-order valence-corrected chi connectivity index (χ2v) is 6.70. The van der Waals surface area contributed by atoms with E-state index in [0.717, 1.165) is 37.2 Å². The summed E-state index contributed by atoms with van der Waals surface area (Å²) in [4.78, 5) is 17.1. The summed E-state index contributed by atoms with van der Waals surface area (Å²) in [5.41, 5.74) is 1.64. The van der Waals surface area contributed by atoms with Gasteiger partial charge < -0.3 is 10.4 Å². The molecule has 26 heavy (non-hydrogen) atoms. The van der Waals surface area contributed by atoms with E-state index in [0.29, 0.717) is 11.4 Å². The normalized spacial score (nSPS) is 18.1. The fourth-order valence-corrected chi connectivity index (χ4v) is 3.06. The number of likely N-dealkylation sites (tertiary alicyclic amines) is 1. The van der Waals surface area contributed by atoms with E-state index >= 15 is 0 Å². The van der Waals surface area contributed by atoms with Crippen LogP contribution in [-0.4, -0.2) is 40.1 Å². The number of hydrogen-bond donors (Lipinski definition) is 2. The van der Waals surface area contributed by atoms with Gasteiger partial charge in [0, 0.05) is 36.9 Å². The van der Waals surface area contributed by atoms with Gasteiger partial charge in [0.05, 0.1) is 0 Å². The number of carboxylic acid groups (broad SMARTS) is 1. The molecule has 2 N–H and O–H groups in total. The van der Waals surface area contributed by atoms with Crippen LogP contribution in [0.3, 0.4) is 0 Å². The highest BCUT2D eigenvalue weighted by molar-refractivity contribution is 6.30. The number of anilines is 1. The highest BCUT2D eigenvalue weighted by Gasteiger charge is 2.22. The van der Waals surface area contributed by atoms with Crippen molar-refractivity contribution in [2.75, 3.05) is 18.4 Å². The Balaban J connectivity index is 1.53. The third-order valence-electron chi connectivity index (χ3n) is 4.23. The molecule has 0 amide bonds. The van der Waals surface area contributed by atoms with E-state index in [1.54, 1.807) is 12.1 Å². The summed E-state index contributed by atoms with van der Waals surface area (Å²) in [5.74, 6) is -2.10. The zero-order chi connectivity index (χ0) is 18.5. The molecule has 0 aliphatic carbocycles. The van der Waals surface area contributed by atoms with E-state index in [1.165, 1.54) is 11.8 Å². The lowest BCUT2D eigenvalue weighted by atomic mass is 10.2. The highest BCUT2D eigenvalue weighted by atomic mass is 35.5. The van der Waals surface area contributed by atoms with Gasteiger partial charge in [-0.2, -0.15) is 4.39 Å². The van der Waals surface area contributed by atoms with Crippen LogP contribution < -0.4 is 5.32 Å². The van der Waals surface area contributed by atoms with E-state index in [2.05, 4.69) is 15.2 Å². The molecular formula is C19H19ClFN3O2. The maximum Gasteiger partial charge on any atom is 0.364 e. The number of benzene rings is 1. The van der Waals surface area contributed by atoms with Crippen molar-refractivity contribution in [2.45, 2.75) is 19.0 Å². The lowest BCUT2D eigenvalue weighted by Crippen LogP contribution is -2.26. The second kappa shape index (κ2) is 8.29. The van der Waals surface area contributed by atoms with Crippen LogP contribution in [0.25, 0.3) is 6.08 Å². The van der Waals surface area contributed by atoms with Crippen molar-refractivity contribution in [2.24, 2.45) is 0 Å². The molecular weight excluding hydrogens is 357 g/mol. The fourth-order valence-electron chi connectivity index (χ4n) is 2.94. The van der Waals surface area contributed by atoms with Gasteiger partial charge in [-0.15, -0.1) is 0 Å². The molecule has 1 atom stereocenters. The number of nitrogens with one attached hydrogen (secondary N) is 1. The Bertz CT molecular complexity index is 793. The predicted octanol–water partition coefficient (Wildman–Crippen LogP) is 3.82. The van der Waals surface area contributed by atoms with Crippen LogP contribution in [0.5, 0.6) is 0 Å². The minimum atomic E-state index is -1.58. The van der Waals surface area contributed by atoms with Crippen LogP contribution in [0.4, 0.5) is 10.2 Å². The van der Waals surface area contributed by atoms with Crippen molar-refractivity contribution in [3.05, 3.63) is 64.6 Å². The molecule has 1 fully saturated rings. The summed E-state index contributed by atoms with van der Waals surface area (Å²) in [5, 5.41) is 12.6. The fraction of sp³-hybridized carbons (Fsp3) is 0.263. The number of hydrogen-bond acceptors (Lipinski definition) is 4. The van der Waals surface area contributed by atoms with Crippen LogP contribution >= 0.6 is 11.6 Å². The SMILES string of the molecule is O=C(O)C(F)=Cc1ccc(N[C@@H]2CCN(Cc3ccc(Cl)cc3)C2)nc1. The molecule has 1 aromatic carbocycles. The van der Waals surface area contributed by atoms with Crippen LogP contribution in [0.2, 0.25) is 5.02 Å². The van der Waals surface area contributed by atoms with Crippen LogP contribution in [-0.2, 0) is 11.3 Å². The van der Waals surface area contributed by atoms with Gasteiger partial charge in [0.25, 0.3) is 0 Å². The molecule has 0 unspecified atom stereocenters. The molecule has 1 aromatic heterocycles. The number of aromatic nitrogens is 1. The van der Waals surface area contributed by atoms with E-state index in [4.69, 9.17) is 16.7 Å². The maximum absolute atomic E-state index is 13.1. The van der Waals surface area contributed by atoms with Gasteiger partial charge in [0.2, 0.25) is 5.83 Å². The first-order chi connectivity index (χ1) is 12.5. The van der Waals surface area contributed by atoms with Gasteiger partial charge in [-0.3, -0.25) is 4.90 Å². The molecule has 1 saturated heterocycles. The summed E-state index contributed by atoms with van der Waals surface area (Å²) in [7, 11) is 0. The number of rotatable bonds is 6. The van der Waals surface area contributed by atoms with Gasteiger partial charge in [-0.25, -0.2) is 9.78 Å². The number of halogens is 2. The number of carboxylic acids is 1. The first kappa shape index (κ1) is 18.4. The molecule has 0 bridgehead atoms. The van der Waals surface area contributed by atoms with Crippen molar-refractivity contribution < 1.29 is 14.3 Å². The van der Waals surface area contributed by atoms with E-state index in [1.807, 2.05) is 24.3 Å². The smallest absolute Gasteiger partial charge is 0.364 e. The minimum Gasteiger partial charge on any atom is -0.476 e. The Morgan fingerprint density at radius 2 is 2.12 bits per heavy atom. The standard InChI is InChI=1S/C19H19ClFN3O2/c20-15-4-1-13(2-5-15)11-24-8-7-16(12-24)23-18-6-3-14(10-22-18)9-17(21)19(25)26/h1-6,9-10,16H,7-8,11-12H2,(H,22,23)(H,25,26)/t16-/m1/s1. The topological polar surface area (TPSA) is 65.5 Å². The predicted molar refractivity (Wildman–Crippen MR) is 99.7 cm³/mol. The third kappa shape index (κ3) is 5.03. The monoisotopic (exact) mass is 375 g/mol. The first-order valence-corrected chi connectivity index (χ1v) is 8.67. The van der Waals surface area contributed by atoms with E-state index in [-0.39, 0.29) is 6.04 Å². The number of pyridine rings is 1. The molecule has 2 heterocycles. The maximum atomic E-state index is 13.1. The minimum absolute atomic E-state index is 0.284. The second-order valence-electron chi connectivity index (χ2n) is 6.27. The highest BCUT2D eigenvalue weighted by Crippen LogP contribution is 2.19. The van der Waals surface area contributed by atoms with Crippen LogP contribution in [0.1, 0.15) is 17.5 Å². The van der Waals surface area contributed by atoms with Crippen molar-refractivity contribution >= 4 is 29.5 Å². The van der Waals surface area contributed by atoms with Gasteiger partial charge >= 0.3 is 5.97 Å². The number of nitrogens with zero attached hydrogens (tertiary/aromatic N) is 2. The van der Waals surface area contributed by atoms with Crippen LogP contribution in [0, 0.1) is 0 Å². The molecule has 7 heteroatoms. The van der Waals surface area contributed by atoms with E-state index in [9.17, 15) is 9.18 Å². The molecule has 0 saturated carbocycles. The quantitative estimate of drug-likeness (QED) is 0.751. The van der Waals surface area contributed by atoms with Gasteiger partial charge in [0.15, 0.2) is 0 Å². The molecule has 136 valence electrons. The first-order valence-electron chi connectivity index (χ1n) is 8.29. The Kier molecular flexibility index (Phi) is 5.85.